The van der Waals surface area contributed by atoms with Gasteiger partial charge >= 0.3 is 0 Å². The number of nitrogens with zero attached hydrogens (tertiary/aromatic N) is 10. The molecule has 540 valence electrons. The molecule has 21 rings (SSSR count). The van der Waals surface area contributed by atoms with E-state index in [-0.39, 0.29) is 0 Å². The van der Waals surface area contributed by atoms with Gasteiger partial charge in [-0.1, -0.05) is 236 Å². The third-order valence-corrected chi connectivity index (χ3v) is 22.0. The highest BCUT2D eigenvalue weighted by atomic mass is 79.9. The molecule has 0 atom stereocenters. The summed E-state index contributed by atoms with van der Waals surface area (Å²) < 4.78 is 9.83. The Kier molecular flexibility index (Phi) is 19.4. The van der Waals surface area contributed by atoms with Gasteiger partial charge in [0.25, 0.3) is 0 Å². The van der Waals surface area contributed by atoms with Gasteiger partial charge in [0, 0.05) is 127 Å². The first-order valence-corrected chi connectivity index (χ1v) is 39.8. The second-order valence-corrected chi connectivity index (χ2v) is 30.5. The standard InChI is InChI=1S/2C34H22BrN3.C33H21BrN4/c35-27-16-17-29-30-15-8-18-36-34(30)38(33(29)22-27)28-14-7-13-25(19-28)26-20-31(23-9-3-1-4-10-23)37-32(21-26)24-11-5-2-6-12-24;35-27-16-17-29-30-15-8-18-36-34(30)38(33(29)22-27)28-14-7-13-25(19-28)32-21-26(23-9-3-1-4-10-23)20-31(37-32)24-11-5-2-6-12-24;34-26-12-13-28-29-9-6-16-37-33(29)38(32(28)21-26)27-8-5-7-22(20-27)23-17-24(30-10-1-3-14-35-30)19-25(18-23)31-11-2-4-15-36-31/h2*1-22H;1-21H. The van der Waals surface area contributed by atoms with Gasteiger partial charge in [-0.25, -0.2) is 24.9 Å². The Morgan fingerprint density at radius 3 is 0.842 bits per heavy atom. The summed E-state index contributed by atoms with van der Waals surface area (Å²) in [7, 11) is 0. The lowest BCUT2D eigenvalue weighted by Crippen LogP contribution is -1.97. The van der Waals surface area contributed by atoms with E-state index in [1.165, 1.54) is 21.7 Å². The average molecular weight is 1660 g/mol. The Hall–Kier alpha value is -13.7. The second-order valence-electron chi connectivity index (χ2n) is 27.7. The van der Waals surface area contributed by atoms with Gasteiger partial charge in [0.2, 0.25) is 0 Å². The number of hydrogen-bond donors (Lipinski definition) is 0. The van der Waals surface area contributed by atoms with Crippen LogP contribution in [-0.4, -0.2) is 48.6 Å². The molecule has 0 fully saturated rings. The molecule has 13 heteroatoms. The lowest BCUT2D eigenvalue weighted by molar-refractivity contribution is 1.13. The first-order valence-electron chi connectivity index (χ1n) is 37.4. The molecule has 0 bridgehead atoms. The third-order valence-electron chi connectivity index (χ3n) is 20.6. The fourth-order valence-electron chi connectivity index (χ4n) is 15.3. The number of pyridine rings is 7. The van der Waals surface area contributed by atoms with Crippen molar-refractivity contribution in [3.8, 4) is 118 Å². The summed E-state index contributed by atoms with van der Waals surface area (Å²) in [6, 6.07) is 126. The van der Waals surface area contributed by atoms with Gasteiger partial charge in [-0.2, -0.15) is 0 Å². The monoisotopic (exact) mass is 1650 g/mol. The van der Waals surface area contributed by atoms with E-state index in [9.17, 15) is 0 Å². The summed E-state index contributed by atoms with van der Waals surface area (Å²) in [6.07, 6.45) is 9.23. The van der Waals surface area contributed by atoms with Crippen LogP contribution in [0.2, 0.25) is 0 Å². The van der Waals surface area contributed by atoms with Crippen molar-refractivity contribution in [3.05, 3.63) is 408 Å². The molecule has 0 spiro atoms. The summed E-state index contributed by atoms with van der Waals surface area (Å²) in [4.78, 5) is 33.7. The minimum absolute atomic E-state index is 0.930. The summed E-state index contributed by atoms with van der Waals surface area (Å²) in [5.41, 5.74) is 28.2. The molecular weight excluding hydrogens is 1590 g/mol. The van der Waals surface area contributed by atoms with E-state index in [2.05, 4.69) is 357 Å². The van der Waals surface area contributed by atoms with Crippen LogP contribution in [0.1, 0.15) is 0 Å². The molecule has 10 nitrogen and oxygen atoms in total. The zero-order chi connectivity index (χ0) is 76.4. The molecule has 0 radical (unpaired) electrons. The van der Waals surface area contributed by atoms with Gasteiger partial charge in [-0.3, -0.25) is 23.7 Å². The molecule has 0 aliphatic heterocycles. The molecule has 10 aromatic heterocycles. The second kappa shape index (κ2) is 31.2. The minimum Gasteiger partial charge on any atom is -0.294 e. The Labute approximate surface area is 683 Å². The lowest BCUT2D eigenvalue weighted by atomic mass is 9.96. The topological polar surface area (TPSA) is 105 Å². The molecule has 0 saturated carbocycles. The fraction of sp³-hybridized carbons (Fsp3) is 0. The van der Waals surface area contributed by atoms with Gasteiger partial charge in [0.05, 0.1) is 50.7 Å². The Morgan fingerprint density at radius 2 is 0.474 bits per heavy atom. The summed E-state index contributed by atoms with van der Waals surface area (Å²) in [5, 5.41) is 6.95. The molecule has 0 amide bonds. The molecule has 0 N–H and O–H groups in total. The molecule has 0 aliphatic rings. The van der Waals surface area contributed by atoms with E-state index < -0.39 is 0 Å². The van der Waals surface area contributed by atoms with E-state index in [0.29, 0.717) is 0 Å². The number of fused-ring (bicyclic) bond motifs is 9. The van der Waals surface area contributed by atoms with E-state index in [1.807, 2.05) is 110 Å². The summed E-state index contributed by atoms with van der Waals surface area (Å²) in [5.74, 6) is 0. The van der Waals surface area contributed by atoms with Crippen LogP contribution in [0.15, 0.2) is 408 Å². The maximum Gasteiger partial charge on any atom is 0.145 e. The van der Waals surface area contributed by atoms with E-state index >= 15 is 0 Å². The van der Waals surface area contributed by atoms with Crippen LogP contribution >= 0.6 is 47.8 Å². The lowest BCUT2D eigenvalue weighted by Gasteiger charge is -2.13. The van der Waals surface area contributed by atoms with Crippen LogP contribution in [0.3, 0.4) is 0 Å². The van der Waals surface area contributed by atoms with Gasteiger partial charge in [-0.05, 0) is 209 Å². The highest BCUT2D eigenvalue weighted by Gasteiger charge is 2.21. The van der Waals surface area contributed by atoms with Crippen LogP contribution in [-0.2, 0) is 0 Å². The van der Waals surface area contributed by atoms with Crippen LogP contribution < -0.4 is 0 Å². The van der Waals surface area contributed by atoms with Crippen molar-refractivity contribution in [3.63, 3.8) is 0 Å². The molecule has 0 aliphatic carbocycles. The number of benzene rings is 11. The normalized spacial score (nSPS) is 11.3. The quantitative estimate of drug-likeness (QED) is 0.120. The van der Waals surface area contributed by atoms with Crippen LogP contribution in [0.25, 0.3) is 184 Å². The number of halogens is 3. The first-order chi connectivity index (χ1) is 56.2. The van der Waals surface area contributed by atoms with Crippen LogP contribution in [0, 0.1) is 0 Å². The summed E-state index contributed by atoms with van der Waals surface area (Å²) >= 11 is 11.0. The molecule has 114 heavy (non-hydrogen) atoms. The number of hydrogen-bond acceptors (Lipinski definition) is 7. The largest absolute Gasteiger partial charge is 0.294 e. The average Bonchev–Trinajstić information content (AvgIpc) is 1.53. The van der Waals surface area contributed by atoms with Crippen molar-refractivity contribution >= 4 is 114 Å². The smallest absolute Gasteiger partial charge is 0.145 e. The van der Waals surface area contributed by atoms with Crippen molar-refractivity contribution in [1.29, 1.82) is 0 Å². The van der Waals surface area contributed by atoms with Crippen molar-refractivity contribution in [2.45, 2.75) is 0 Å². The molecule has 0 unspecified atom stereocenters. The van der Waals surface area contributed by atoms with Gasteiger partial charge in [0.1, 0.15) is 16.9 Å². The minimum atomic E-state index is 0.930. The summed E-state index contributed by atoms with van der Waals surface area (Å²) in [6.45, 7) is 0. The van der Waals surface area contributed by atoms with E-state index in [4.69, 9.17) is 24.9 Å². The first kappa shape index (κ1) is 70.7. The zero-order valence-electron chi connectivity index (χ0n) is 61.1. The Balaban J connectivity index is 0.000000115. The predicted octanol–water partition coefficient (Wildman–Crippen LogP) is 27.4. The predicted molar refractivity (Wildman–Crippen MR) is 479 cm³/mol. The van der Waals surface area contributed by atoms with Crippen molar-refractivity contribution in [2.24, 2.45) is 0 Å². The number of aromatic nitrogens is 10. The van der Waals surface area contributed by atoms with Crippen molar-refractivity contribution in [2.75, 3.05) is 0 Å². The number of rotatable bonds is 12. The molecule has 21 aromatic rings. The van der Waals surface area contributed by atoms with E-state index in [0.717, 1.165) is 175 Å². The molecule has 10 heterocycles. The third kappa shape index (κ3) is 14.2. The maximum absolute atomic E-state index is 5.13. The van der Waals surface area contributed by atoms with Crippen LogP contribution in [0.4, 0.5) is 0 Å². The van der Waals surface area contributed by atoms with Crippen LogP contribution in [0.5, 0.6) is 0 Å². The molecular formula is C101H65Br3N10. The SMILES string of the molecule is Brc1ccc2c3cccnc3n(-c3cccc(-c4cc(-c5ccccc5)cc(-c5ccccc5)n4)c3)c2c1.Brc1ccc2c3cccnc3n(-c3cccc(-c4cc(-c5ccccc5)nc(-c5ccccc5)c4)c3)c2c1.Brc1ccc2c3cccnc3n(-c3cccc(-c4cc(-c5ccccn5)cc(-c5ccccn5)c4)c3)c2c1. The van der Waals surface area contributed by atoms with Gasteiger partial charge < -0.3 is 0 Å². The zero-order valence-corrected chi connectivity index (χ0v) is 65.9. The maximum atomic E-state index is 5.13. The fourth-order valence-corrected chi connectivity index (χ4v) is 16.3. The highest BCUT2D eigenvalue weighted by molar-refractivity contribution is 9.11. The highest BCUT2D eigenvalue weighted by Crippen LogP contribution is 2.41. The Bertz CT molecular complexity index is 6290. The van der Waals surface area contributed by atoms with Crippen molar-refractivity contribution in [1.82, 2.24) is 48.6 Å². The van der Waals surface area contributed by atoms with Gasteiger partial charge in [-0.15, -0.1) is 0 Å². The van der Waals surface area contributed by atoms with E-state index in [1.54, 1.807) is 0 Å². The molecule has 11 aromatic carbocycles. The molecule has 0 saturated heterocycles. The van der Waals surface area contributed by atoms with Gasteiger partial charge in [0.15, 0.2) is 0 Å². The van der Waals surface area contributed by atoms with Crippen molar-refractivity contribution < 1.29 is 0 Å². The Morgan fingerprint density at radius 1 is 0.175 bits per heavy atom.